The maximum atomic E-state index is 13.6. The maximum absolute atomic E-state index is 13.6. The molecule has 4 nitrogen and oxygen atoms in total. The van der Waals surface area contributed by atoms with E-state index in [1.165, 1.54) is 12.1 Å². The highest BCUT2D eigenvalue weighted by Crippen LogP contribution is 2.12. The summed E-state index contributed by atoms with van der Waals surface area (Å²) in [5.74, 6) is -1.38. The summed E-state index contributed by atoms with van der Waals surface area (Å²) < 4.78 is 26.5. The fourth-order valence-corrected chi connectivity index (χ4v) is 2.50. The molecule has 0 unspecified atom stereocenters. The first kappa shape index (κ1) is 16.8. The molecule has 22 heavy (non-hydrogen) atoms. The summed E-state index contributed by atoms with van der Waals surface area (Å²) in [6, 6.07) is 3.35. The Hall–Kier alpha value is -1.53. The zero-order valence-electron chi connectivity index (χ0n) is 13.2. The largest absolute Gasteiger partial charge is 0.340 e. The number of halogens is 2. The number of benzene rings is 1. The molecule has 1 fully saturated rings. The Balaban J connectivity index is 1.82. The topological polar surface area (TPSA) is 26.8 Å². The predicted octanol–water partition coefficient (Wildman–Crippen LogP) is 1.21. The number of piperazine rings is 1. The minimum atomic E-state index is -0.655. The van der Waals surface area contributed by atoms with Crippen LogP contribution in [0.3, 0.4) is 0 Å². The Morgan fingerprint density at radius 2 is 1.86 bits per heavy atom. The van der Waals surface area contributed by atoms with Gasteiger partial charge in [-0.1, -0.05) is 6.07 Å². The molecule has 122 valence electrons. The van der Waals surface area contributed by atoms with Crippen molar-refractivity contribution in [2.24, 2.45) is 0 Å². The molecule has 1 heterocycles. The maximum Gasteiger partial charge on any atom is 0.227 e. The van der Waals surface area contributed by atoms with Gasteiger partial charge in [-0.25, -0.2) is 8.78 Å². The second-order valence-corrected chi connectivity index (χ2v) is 5.94. The standard InChI is InChI=1S/C16H23F2N3O/c1-19(2)5-6-20-7-9-21(10-8-20)16(22)11-13-3-4-14(17)12-15(13)18/h3-4,12H,5-11H2,1-2H3. The van der Waals surface area contributed by atoms with Crippen LogP contribution in [-0.2, 0) is 11.2 Å². The zero-order valence-corrected chi connectivity index (χ0v) is 13.2. The summed E-state index contributed by atoms with van der Waals surface area (Å²) in [5, 5.41) is 0. The minimum Gasteiger partial charge on any atom is -0.340 e. The third-order valence-corrected chi connectivity index (χ3v) is 3.95. The van der Waals surface area contributed by atoms with Gasteiger partial charge in [0.05, 0.1) is 6.42 Å². The van der Waals surface area contributed by atoms with Crippen LogP contribution in [0, 0.1) is 11.6 Å². The average Bonchev–Trinajstić information content (AvgIpc) is 2.48. The van der Waals surface area contributed by atoms with Gasteiger partial charge in [-0.2, -0.15) is 0 Å². The van der Waals surface area contributed by atoms with Crippen molar-refractivity contribution in [1.82, 2.24) is 14.7 Å². The predicted molar refractivity (Wildman–Crippen MR) is 81.6 cm³/mol. The molecule has 0 bridgehead atoms. The van der Waals surface area contributed by atoms with Gasteiger partial charge in [0.25, 0.3) is 0 Å². The lowest BCUT2D eigenvalue weighted by Gasteiger charge is -2.35. The first-order valence-corrected chi connectivity index (χ1v) is 7.54. The highest BCUT2D eigenvalue weighted by atomic mass is 19.1. The lowest BCUT2D eigenvalue weighted by molar-refractivity contribution is -0.132. The van der Waals surface area contributed by atoms with Gasteiger partial charge in [0.15, 0.2) is 0 Å². The van der Waals surface area contributed by atoms with Gasteiger partial charge < -0.3 is 9.80 Å². The first-order chi connectivity index (χ1) is 10.5. The van der Waals surface area contributed by atoms with Gasteiger partial charge >= 0.3 is 0 Å². The Kier molecular flexibility index (Phi) is 5.85. The minimum absolute atomic E-state index is 0.0101. The molecular formula is C16H23F2N3O. The van der Waals surface area contributed by atoms with Crippen LogP contribution >= 0.6 is 0 Å². The summed E-state index contributed by atoms with van der Waals surface area (Å²) in [6.45, 7) is 4.98. The van der Waals surface area contributed by atoms with Crippen LogP contribution < -0.4 is 0 Å². The van der Waals surface area contributed by atoms with Crippen LogP contribution in [0.1, 0.15) is 5.56 Å². The molecule has 0 spiro atoms. The molecule has 0 atom stereocenters. The monoisotopic (exact) mass is 311 g/mol. The smallest absolute Gasteiger partial charge is 0.227 e. The molecule has 0 aromatic heterocycles. The van der Waals surface area contributed by atoms with Crippen molar-refractivity contribution < 1.29 is 13.6 Å². The molecular weight excluding hydrogens is 288 g/mol. The Bertz CT molecular complexity index is 514. The summed E-state index contributed by atoms with van der Waals surface area (Å²) in [7, 11) is 4.08. The van der Waals surface area contributed by atoms with E-state index in [0.717, 1.165) is 32.2 Å². The second kappa shape index (κ2) is 7.65. The molecule has 0 aliphatic carbocycles. The number of rotatable bonds is 5. The van der Waals surface area contributed by atoms with E-state index < -0.39 is 11.6 Å². The summed E-state index contributed by atoms with van der Waals surface area (Å²) in [4.78, 5) is 18.4. The normalized spacial score (nSPS) is 16.3. The van der Waals surface area contributed by atoms with E-state index in [-0.39, 0.29) is 17.9 Å². The number of hydrogen-bond acceptors (Lipinski definition) is 3. The molecule has 1 saturated heterocycles. The van der Waals surface area contributed by atoms with Crippen LogP contribution in [0.4, 0.5) is 8.78 Å². The van der Waals surface area contributed by atoms with Crippen LogP contribution in [-0.4, -0.2) is 74.0 Å². The number of amides is 1. The van der Waals surface area contributed by atoms with Gasteiger partial charge in [0.1, 0.15) is 11.6 Å². The third kappa shape index (κ3) is 4.74. The molecule has 0 N–H and O–H groups in total. The lowest BCUT2D eigenvalue weighted by Crippen LogP contribution is -2.50. The van der Waals surface area contributed by atoms with E-state index in [9.17, 15) is 13.6 Å². The van der Waals surface area contributed by atoms with Crippen molar-refractivity contribution in [2.45, 2.75) is 6.42 Å². The van der Waals surface area contributed by atoms with Gasteiger partial charge in [-0.15, -0.1) is 0 Å². The quantitative estimate of drug-likeness (QED) is 0.818. The molecule has 0 saturated carbocycles. The third-order valence-electron chi connectivity index (χ3n) is 3.95. The number of carbonyl (C=O) groups is 1. The van der Waals surface area contributed by atoms with E-state index in [4.69, 9.17) is 0 Å². The lowest BCUT2D eigenvalue weighted by atomic mass is 10.1. The molecule has 0 radical (unpaired) electrons. The SMILES string of the molecule is CN(C)CCN1CCN(C(=O)Cc2ccc(F)cc2F)CC1. The number of hydrogen-bond donors (Lipinski definition) is 0. The first-order valence-electron chi connectivity index (χ1n) is 7.54. The van der Waals surface area contributed by atoms with Crippen LogP contribution in [0.2, 0.25) is 0 Å². The second-order valence-electron chi connectivity index (χ2n) is 5.94. The summed E-state index contributed by atoms with van der Waals surface area (Å²) >= 11 is 0. The molecule has 1 aromatic carbocycles. The average molecular weight is 311 g/mol. The van der Waals surface area contributed by atoms with E-state index in [0.29, 0.717) is 13.1 Å². The number of carbonyl (C=O) groups excluding carboxylic acids is 1. The van der Waals surface area contributed by atoms with E-state index in [1.54, 1.807) is 4.90 Å². The van der Waals surface area contributed by atoms with Crippen molar-refractivity contribution in [3.8, 4) is 0 Å². The van der Waals surface area contributed by atoms with Gasteiger partial charge in [0, 0.05) is 45.3 Å². The van der Waals surface area contributed by atoms with Crippen LogP contribution in [0.5, 0.6) is 0 Å². The van der Waals surface area contributed by atoms with Crippen molar-refractivity contribution in [2.75, 3.05) is 53.4 Å². The number of likely N-dealkylation sites (N-methyl/N-ethyl adjacent to an activating group) is 1. The van der Waals surface area contributed by atoms with Crippen molar-refractivity contribution in [3.05, 3.63) is 35.4 Å². The Labute approximate surface area is 130 Å². The van der Waals surface area contributed by atoms with E-state index >= 15 is 0 Å². The Morgan fingerprint density at radius 3 is 2.45 bits per heavy atom. The van der Waals surface area contributed by atoms with Crippen LogP contribution in [0.15, 0.2) is 18.2 Å². The molecule has 1 aliphatic rings. The zero-order chi connectivity index (χ0) is 16.1. The highest BCUT2D eigenvalue weighted by Gasteiger charge is 2.21. The molecule has 1 aliphatic heterocycles. The van der Waals surface area contributed by atoms with Crippen LogP contribution in [0.25, 0.3) is 0 Å². The fraction of sp³-hybridized carbons (Fsp3) is 0.562. The van der Waals surface area contributed by atoms with E-state index in [1.807, 2.05) is 14.1 Å². The highest BCUT2D eigenvalue weighted by molar-refractivity contribution is 5.79. The molecule has 1 amide bonds. The van der Waals surface area contributed by atoms with Crippen molar-refractivity contribution in [1.29, 1.82) is 0 Å². The number of nitrogens with zero attached hydrogens (tertiary/aromatic N) is 3. The molecule has 6 heteroatoms. The van der Waals surface area contributed by atoms with Gasteiger partial charge in [0.2, 0.25) is 5.91 Å². The van der Waals surface area contributed by atoms with E-state index in [2.05, 4.69) is 9.80 Å². The Morgan fingerprint density at radius 1 is 1.18 bits per heavy atom. The fourth-order valence-electron chi connectivity index (χ4n) is 2.50. The summed E-state index contributed by atoms with van der Waals surface area (Å²) in [6.07, 6.45) is -0.0101. The van der Waals surface area contributed by atoms with Gasteiger partial charge in [-0.05, 0) is 25.7 Å². The summed E-state index contributed by atoms with van der Waals surface area (Å²) in [5.41, 5.74) is 0.251. The van der Waals surface area contributed by atoms with Gasteiger partial charge in [-0.3, -0.25) is 9.69 Å². The molecule has 1 aromatic rings. The van der Waals surface area contributed by atoms with Crippen molar-refractivity contribution >= 4 is 5.91 Å². The molecule has 2 rings (SSSR count). The van der Waals surface area contributed by atoms with Crippen molar-refractivity contribution in [3.63, 3.8) is 0 Å².